The monoisotopic (exact) mass is 436 g/mol. The number of benzene rings is 1. The summed E-state index contributed by atoms with van der Waals surface area (Å²) in [5.41, 5.74) is 0.475. The van der Waals surface area contributed by atoms with Gasteiger partial charge in [-0.1, -0.05) is 0 Å². The Morgan fingerprint density at radius 3 is 2.32 bits per heavy atom. The Hall–Kier alpha value is -3.57. The van der Waals surface area contributed by atoms with Gasteiger partial charge >= 0.3 is 6.18 Å². The largest absolute Gasteiger partial charge is 0.493 e. The number of ether oxygens (including phenoxy) is 2. The summed E-state index contributed by atoms with van der Waals surface area (Å²) in [4.78, 5) is 16.3. The maximum absolute atomic E-state index is 13.1. The summed E-state index contributed by atoms with van der Waals surface area (Å²) < 4.78 is 50.4. The normalized spacial score (nSPS) is 14.7. The zero-order valence-corrected chi connectivity index (χ0v) is 16.8. The molecule has 1 amide bonds. The summed E-state index contributed by atoms with van der Waals surface area (Å²) >= 11 is 0. The van der Waals surface area contributed by atoms with E-state index in [0.29, 0.717) is 53.6 Å². The lowest BCUT2D eigenvalue weighted by Gasteiger charge is -2.35. The number of fused-ring (bicyclic) bond motifs is 1. The van der Waals surface area contributed by atoms with Gasteiger partial charge in [0.15, 0.2) is 17.1 Å². The van der Waals surface area contributed by atoms with Gasteiger partial charge in [0, 0.05) is 31.7 Å². The fourth-order valence-electron chi connectivity index (χ4n) is 3.42. The number of carbonyl (C=O) groups is 1. The van der Waals surface area contributed by atoms with Crippen molar-refractivity contribution in [3.63, 3.8) is 0 Å². The van der Waals surface area contributed by atoms with Gasteiger partial charge in [-0.05, 0) is 30.3 Å². The molecule has 1 aromatic carbocycles. The molecule has 0 saturated carbocycles. The number of carbonyl (C=O) groups excluding carboxylic acids is 1. The van der Waals surface area contributed by atoms with Crippen LogP contribution in [0.4, 0.5) is 19.0 Å². The van der Waals surface area contributed by atoms with Crippen LogP contribution in [0.15, 0.2) is 30.3 Å². The third-order valence-corrected chi connectivity index (χ3v) is 5.02. The number of anilines is 1. The van der Waals surface area contributed by atoms with Crippen LogP contribution in [0.1, 0.15) is 16.2 Å². The number of rotatable bonds is 4. The molecule has 1 aliphatic heterocycles. The van der Waals surface area contributed by atoms with Gasteiger partial charge in [-0.25, -0.2) is 0 Å². The van der Waals surface area contributed by atoms with Crippen LogP contribution < -0.4 is 14.4 Å². The molecule has 0 radical (unpaired) electrons. The van der Waals surface area contributed by atoms with Gasteiger partial charge in [-0.2, -0.15) is 17.7 Å². The number of amides is 1. The number of halogens is 3. The molecule has 3 heterocycles. The van der Waals surface area contributed by atoms with Gasteiger partial charge in [0.2, 0.25) is 0 Å². The van der Waals surface area contributed by atoms with E-state index in [2.05, 4.69) is 15.3 Å². The number of alkyl halides is 3. The smallest absolute Gasteiger partial charge is 0.453 e. The Morgan fingerprint density at radius 1 is 0.968 bits per heavy atom. The number of hydrogen-bond acceptors (Lipinski definition) is 7. The molecule has 3 aromatic rings. The molecule has 0 N–H and O–H groups in total. The molecule has 0 unspecified atom stereocenters. The molecule has 1 saturated heterocycles. The van der Waals surface area contributed by atoms with Crippen LogP contribution in [0.25, 0.3) is 5.65 Å². The Balaban J connectivity index is 1.48. The van der Waals surface area contributed by atoms with Gasteiger partial charge < -0.3 is 19.3 Å². The van der Waals surface area contributed by atoms with Crippen molar-refractivity contribution in [2.24, 2.45) is 0 Å². The van der Waals surface area contributed by atoms with Crippen molar-refractivity contribution < 1.29 is 27.4 Å². The number of piperazine rings is 1. The molecule has 0 atom stereocenters. The summed E-state index contributed by atoms with van der Waals surface area (Å²) in [5.74, 6) is 0.00117. The lowest BCUT2D eigenvalue weighted by atomic mass is 10.1. The second-order valence-corrected chi connectivity index (χ2v) is 6.83. The molecule has 164 valence electrons. The highest BCUT2D eigenvalue weighted by Crippen LogP contribution is 2.29. The minimum atomic E-state index is -4.66. The molecule has 0 spiro atoms. The molecule has 12 heteroatoms. The van der Waals surface area contributed by atoms with E-state index in [1.165, 1.54) is 20.3 Å². The van der Waals surface area contributed by atoms with E-state index in [0.717, 1.165) is 0 Å². The van der Waals surface area contributed by atoms with Crippen molar-refractivity contribution in [3.05, 3.63) is 41.7 Å². The number of methoxy groups -OCH3 is 2. The van der Waals surface area contributed by atoms with Crippen LogP contribution in [0.2, 0.25) is 0 Å². The van der Waals surface area contributed by atoms with Crippen molar-refractivity contribution in [1.82, 2.24) is 24.7 Å². The van der Waals surface area contributed by atoms with Gasteiger partial charge in [0.1, 0.15) is 5.82 Å². The van der Waals surface area contributed by atoms with E-state index in [1.54, 1.807) is 29.2 Å². The summed E-state index contributed by atoms with van der Waals surface area (Å²) in [6, 6.07) is 7.98. The Morgan fingerprint density at radius 2 is 1.68 bits per heavy atom. The number of hydrogen-bond donors (Lipinski definition) is 0. The zero-order chi connectivity index (χ0) is 22.2. The third-order valence-electron chi connectivity index (χ3n) is 5.02. The maximum atomic E-state index is 13.1. The highest BCUT2D eigenvalue weighted by Gasteiger charge is 2.38. The van der Waals surface area contributed by atoms with Crippen molar-refractivity contribution in [2.75, 3.05) is 45.3 Å². The van der Waals surface area contributed by atoms with Crippen molar-refractivity contribution in [3.8, 4) is 11.5 Å². The highest BCUT2D eigenvalue weighted by atomic mass is 19.4. The minimum Gasteiger partial charge on any atom is -0.493 e. The van der Waals surface area contributed by atoms with Gasteiger partial charge in [-0.3, -0.25) is 4.79 Å². The van der Waals surface area contributed by atoms with Crippen LogP contribution in [0, 0.1) is 0 Å². The first kappa shape index (κ1) is 20.7. The fraction of sp³-hybridized carbons (Fsp3) is 0.368. The molecule has 0 bridgehead atoms. The SMILES string of the molecule is COc1ccc(C(=O)N2CCN(c3ccc4nnc(C(F)(F)F)n4n3)CC2)cc1OC. The Labute approximate surface area is 175 Å². The molecular formula is C19H19F3N6O3. The van der Waals surface area contributed by atoms with E-state index >= 15 is 0 Å². The van der Waals surface area contributed by atoms with Crippen LogP contribution in [0.3, 0.4) is 0 Å². The summed E-state index contributed by atoms with van der Waals surface area (Å²) in [6.45, 7) is 1.62. The summed E-state index contributed by atoms with van der Waals surface area (Å²) in [6.07, 6.45) is -4.66. The topological polar surface area (TPSA) is 85.1 Å². The lowest BCUT2D eigenvalue weighted by molar-refractivity contribution is -0.146. The minimum absolute atomic E-state index is 0.0124. The van der Waals surface area contributed by atoms with E-state index in [9.17, 15) is 18.0 Å². The van der Waals surface area contributed by atoms with Crippen molar-refractivity contribution >= 4 is 17.4 Å². The van der Waals surface area contributed by atoms with E-state index in [1.807, 2.05) is 4.90 Å². The predicted molar refractivity (Wildman–Crippen MR) is 103 cm³/mol. The van der Waals surface area contributed by atoms with Gasteiger partial charge in [-0.15, -0.1) is 15.3 Å². The van der Waals surface area contributed by atoms with Crippen molar-refractivity contribution in [1.29, 1.82) is 0 Å². The molecule has 31 heavy (non-hydrogen) atoms. The van der Waals surface area contributed by atoms with E-state index in [-0.39, 0.29) is 11.6 Å². The molecule has 1 aliphatic rings. The van der Waals surface area contributed by atoms with Crippen molar-refractivity contribution in [2.45, 2.75) is 6.18 Å². The first-order chi connectivity index (χ1) is 14.8. The molecular weight excluding hydrogens is 417 g/mol. The average Bonchev–Trinajstić information content (AvgIpc) is 3.22. The van der Waals surface area contributed by atoms with Gasteiger partial charge in [0.05, 0.1) is 14.2 Å². The maximum Gasteiger partial charge on any atom is 0.453 e. The second kappa shape index (κ2) is 7.93. The third kappa shape index (κ3) is 3.92. The zero-order valence-electron chi connectivity index (χ0n) is 16.8. The predicted octanol–water partition coefficient (Wildman–Crippen LogP) is 2.12. The van der Waals surface area contributed by atoms with E-state index < -0.39 is 12.0 Å². The van der Waals surface area contributed by atoms with E-state index in [4.69, 9.17) is 9.47 Å². The van der Waals surface area contributed by atoms with Crippen LogP contribution in [0.5, 0.6) is 11.5 Å². The van der Waals surface area contributed by atoms with Crippen LogP contribution >= 0.6 is 0 Å². The average molecular weight is 436 g/mol. The number of aromatic nitrogens is 4. The first-order valence-corrected chi connectivity index (χ1v) is 9.37. The molecule has 0 aliphatic carbocycles. The molecule has 9 nitrogen and oxygen atoms in total. The molecule has 4 rings (SSSR count). The van der Waals surface area contributed by atoms with Crippen LogP contribution in [-0.2, 0) is 6.18 Å². The lowest BCUT2D eigenvalue weighted by Crippen LogP contribution is -2.49. The standard InChI is InChI=1S/C19H19F3N6O3/c1-30-13-4-3-12(11-14(13)31-2)17(29)27-9-7-26(8-10-27)16-6-5-15-23-24-18(19(20,21)22)28(15)25-16/h3-6,11H,7-10H2,1-2H3. The Kier molecular flexibility index (Phi) is 5.29. The van der Waals surface area contributed by atoms with Crippen LogP contribution in [-0.4, -0.2) is 71.0 Å². The highest BCUT2D eigenvalue weighted by molar-refractivity contribution is 5.95. The fourth-order valence-corrected chi connectivity index (χ4v) is 3.42. The Bertz CT molecular complexity index is 1110. The summed E-state index contributed by atoms with van der Waals surface area (Å²) in [5, 5.41) is 10.7. The summed E-state index contributed by atoms with van der Waals surface area (Å²) in [7, 11) is 3.01. The second-order valence-electron chi connectivity index (χ2n) is 6.83. The molecule has 2 aromatic heterocycles. The quantitative estimate of drug-likeness (QED) is 0.619. The first-order valence-electron chi connectivity index (χ1n) is 9.37. The van der Waals surface area contributed by atoms with Gasteiger partial charge in [0.25, 0.3) is 11.7 Å². The molecule has 1 fully saturated rings. The number of nitrogens with zero attached hydrogens (tertiary/aromatic N) is 6.